The van der Waals surface area contributed by atoms with Gasteiger partial charge in [0.05, 0.1) is 32.4 Å². The van der Waals surface area contributed by atoms with Crippen molar-refractivity contribution in [2.45, 2.75) is 6.54 Å². The van der Waals surface area contributed by atoms with E-state index < -0.39 is 0 Å². The van der Waals surface area contributed by atoms with Crippen LogP contribution in [0.5, 0.6) is 11.5 Å². The molecule has 0 atom stereocenters. The van der Waals surface area contributed by atoms with Gasteiger partial charge in [-0.15, -0.1) is 11.8 Å². The molecule has 0 N–H and O–H groups in total. The van der Waals surface area contributed by atoms with Crippen molar-refractivity contribution in [2.24, 2.45) is 5.10 Å². The van der Waals surface area contributed by atoms with Crippen LogP contribution in [0, 0.1) is 0 Å². The molecule has 0 unspecified atom stereocenters. The van der Waals surface area contributed by atoms with E-state index in [1.54, 1.807) is 26.0 Å². The van der Waals surface area contributed by atoms with Gasteiger partial charge in [-0.05, 0) is 30.3 Å². The fourth-order valence-electron chi connectivity index (χ4n) is 2.58. The molecular formula is C18H18Cl2N2O2S. The fourth-order valence-corrected chi connectivity index (χ4v) is 3.97. The van der Waals surface area contributed by atoms with E-state index >= 15 is 0 Å². The van der Waals surface area contributed by atoms with Crippen LogP contribution in [0.25, 0.3) is 0 Å². The van der Waals surface area contributed by atoms with Crippen molar-refractivity contribution in [3.8, 4) is 11.5 Å². The number of methoxy groups -OCH3 is 2. The Morgan fingerprint density at radius 3 is 2.48 bits per heavy atom. The highest BCUT2D eigenvalue weighted by Crippen LogP contribution is 2.31. The van der Waals surface area contributed by atoms with Gasteiger partial charge in [0.25, 0.3) is 0 Å². The van der Waals surface area contributed by atoms with Crippen LogP contribution in [0.2, 0.25) is 10.0 Å². The lowest BCUT2D eigenvalue weighted by Crippen LogP contribution is -2.26. The summed E-state index contributed by atoms with van der Waals surface area (Å²) < 4.78 is 10.7. The van der Waals surface area contributed by atoms with Gasteiger partial charge in [-0.3, -0.25) is 5.01 Å². The van der Waals surface area contributed by atoms with Crippen molar-refractivity contribution in [2.75, 3.05) is 25.8 Å². The van der Waals surface area contributed by atoms with Gasteiger partial charge in [0.1, 0.15) is 0 Å². The molecule has 0 radical (unpaired) electrons. The van der Waals surface area contributed by atoms with E-state index in [2.05, 4.69) is 0 Å². The standard InChI is InChI=1S/C18H18Cl2N2O2S/c1-23-17-7-6-12(8-18(17)24-2)16-10-25-11-22(21-16)9-13-14(19)4-3-5-15(13)20/h3-8H,9-11H2,1-2H3. The summed E-state index contributed by atoms with van der Waals surface area (Å²) in [6.07, 6.45) is 0. The van der Waals surface area contributed by atoms with E-state index in [0.717, 1.165) is 28.5 Å². The molecule has 0 amide bonds. The van der Waals surface area contributed by atoms with E-state index in [9.17, 15) is 0 Å². The van der Waals surface area contributed by atoms with Gasteiger partial charge < -0.3 is 9.47 Å². The number of ether oxygens (including phenoxy) is 2. The zero-order valence-corrected chi connectivity index (χ0v) is 16.3. The Hall–Kier alpha value is -1.56. The molecule has 4 nitrogen and oxygen atoms in total. The summed E-state index contributed by atoms with van der Waals surface area (Å²) in [6.45, 7) is 0.572. The molecule has 1 aliphatic rings. The number of nitrogens with zero attached hydrogens (tertiary/aromatic N) is 2. The third kappa shape index (κ3) is 4.17. The number of hydrogen-bond donors (Lipinski definition) is 0. The van der Waals surface area contributed by atoms with Crippen LogP contribution in [0.1, 0.15) is 11.1 Å². The largest absolute Gasteiger partial charge is 0.493 e. The van der Waals surface area contributed by atoms with E-state index in [0.29, 0.717) is 28.1 Å². The van der Waals surface area contributed by atoms with Gasteiger partial charge in [0.2, 0.25) is 0 Å². The second kappa shape index (κ2) is 8.21. The predicted molar refractivity (Wildman–Crippen MR) is 105 cm³/mol. The van der Waals surface area contributed by atoms with Crippen molar-refractivity contribution >= 4 is 40.7 Å². The Kier molecular flexibility index (Phi) is 5.99. The first-order chi connectivity index (χ1) is 12.1. The SMILES string of the molecule is COc1ccc(C2=NN(Cc3c(Cl)cccc3Cl)CSC2)cc1OC. The highest BCUT2D eigenvalue weighted by Gasteiger charge is 2.18. The van der Waals surface area contributed by atoms with Crippen molar-refractivity contribution in [3.05, 3.63) is 57.6 Å². The van der Waals surface area contributed by atoms with Crippen LogP contribution in [0.15, 0.2) is 41.5 Å². The Bertz CT molecular complexity index is 778. The summed E-state index contributed by atoms with van der Waals surface area (Å²) in [7, 11) is 3.26. The molecule has 25 heavy (non-hydrogen) atoms. The fraction of sp³-hybridized carbons (Fsp3) is 0.278. The first kappa shape index (κ1) is 18.2. The lowest BCUT2D eigenvalue weighted by Gasteiger charge is -2.26. The van der Waals surface area contributed by atoms with Crippen LogP contribution in [-0.2, 0) is 6.54 Å². The molecule has 0 saturated carbocycles. The Labute approximate surface area is 161 Å². The first-order valence-electron chi connectivity index (χ1n) is 7.68. The topological polar surface area (TPSA) is 34.1 Å². The van der Waals surface area contributed by atoms with Gasteiger partial charge in [0, 0.05) is 26.9 Å². The number of hydrazone groups is 1. The minimum absolute atomic E-state index is 0.572. The lowest BCUT2D eigenvalue weighted by molar-refractivity contribution is 0.329. The highest BCUT2D eigenvalue weighted by atomic mass is 35.5. The number of hydrogen-bond acceptors (Lipinski definition) is 5. The van der Waals surface area contributed by atoms with Gasteiger partial charge in [-0.2, -0.15) is 5.10 Å². The van der Waals surface area contributed by atoms with Crippen LogP contribution < -0.4 is 9.47 Å². The van der Waals surface area contributed by atoms with E-state index in [1.165, 1.54) is 0 Å². The van der Waals surface area contributed by atoms with Gasteiger partial charge in [-0.25, -0.2) is 0 Å². The average molecular weight is 397 g/mol. The molecular weight excluding hydrogens is 379 g/mol. The van der Waals surface area contributed by atoms with E-state index in [-0.39, 0.29) is 0 Å². The molecule has 1 aliphatic heterocycles. The van der Waals surface area contributed by atoms with Crippen LogP contribution in [0.3, 0.4) is 0 Å². The molecule has 2 aromatic carbocycles. The summed E-state index contributed by atoms with van der Waals surface area (Å²) >= 11 is 14.4. The third-order valence-electron chi connectivity index (χ3n) is 3.86. The Morgan fingerprint density at radius 1 is 1.08 bits per heavy atom. The van der Waals surface area contributed by atoms with E-state index in [4.69, 9.17) is 37.8 Å². The highest BCUT2D eigenvalue weighted by molar-refractivity contribution is 8.00. The maximum absolute atomic E-state index is 6.28. The quantitative estimate of drug-likeness (QED) is 0.717. The van der Waals surface area contributed by atoms with Gasteiger partial charge in [-0.1, -0.05) is 29.3 Å². The average Bonchev–Trinajstić information content (AvgIpc) is 2.64. The summed E-state index contributed by atoms with van der Waals surface area (Å²) in [6, 6.07) is 11.4. The second-order valence-electron chi connectivity index (χ2n) is 5.46. The van der Waals surface area contributed by atoms with Crippen LogP contribution in [-0.4, -0.2) is 36.6 Å². The zero-order valence-electron chi connectivity index (χ0n) is 14.0. The maximum atomic E-state index is 6.28. The van der Waals surface area contributed by atoms with Crippen LogP contribution in [0.4, 0.5) is 0 Å². The normalized spacial score (nSPS) is 14.2. The molecule has 0 aliphatic carbocycles. The summed E-state index contributed by atoms with van der Waals surface area (Å²) in [5, 5.41) is 8.07. The molecule has 7 heteroatoms. The summed E-state index contributed by atoms with van der Waals surface area (Å²) in [5.41, 5.74) is 2.89. The zero-order chi connectivity index (χ0) is 17.8. The Morgan fingerprint density at radius 2 is 1.80 bits per heavy atom. The molecule has 0 spiro atoms. The van der Waals surface area contributed by atoms with Crippen LogP contribution >= 0.6 is 35.0 Å². The molecule has 1 heterocycles. The number of rotatable bonds is 5. The summed E-state index contributed by atoms with van der Waals surface area (Å²) in [5.74, 6) is 3.02. The number of halogens is 2. The summed E-state index contributed by atoms with van der Waals surface area (Å²) in [4.78, 5) is 0. The minimum Gasteiger partial charge on any atom is -0.493 e. The predicted octanol–water partition coefficient (Wildman–Crippen LogP) is 4.92. The number of thioether (sulfide) groups is 1. The van der Waals surface area contributed by atoms with Gasteiger partial charge in [0.15, 0.2) is 11.5 Å². The second-order valence-corrected chi connectivity index (χ2v) is 7.23. The molecule has 0 saturated heterocycles. The van der Waals surface area contributed by atoms with Crippen molar-refractivity contribution in [1.82, 2.24) is 5.01 Å². The Balaban J connectivity index is 1.86. The van der Waals surface area contributed by atoms with Crippen molar-refractivity contribution < 1.29 is 9.47 Å². The molecule has 0 aromatic heterocycles. The minimum atomic E-state index is 0.572. The third-order valence-corrected chi connectivity index (χ3v) is 5.53. The number of benzene rings is 2. The molecule has 132 valence electrons. The van der Waals surface area contributed by atoms with Gasteiger partial charge >= 0.3 is 0 Å². The molecule has 3 rings (SSSR count). The smallest absolute Gasteiger partial charge is 0.161 e. The van der Waals surface area contributed by atoms with E-state index in [1.807, 2.05) is 41.4 Å². The lowest BCUT2D eigenvalue weighted by atomic mass is 10.1. The monoisotopic (exact) mass is 396 g/mol. The molecule has 0 fully saturated rings. The maximum Gasteiger partial charge on any atom is 0.161 e. The molecule has 0 bridgehead atoms. The first-order valence-corrected chi connectivity index (χ1v) is 9.59. The van der Waals surface area contributed by atoms with Crippen molar-refractivity contribution in [3.63, 3.8) is 0 Å². The molecule has 2 aromatic rings. The van der Waals surface area contributed by atoms with Crippen molar-refractivity contribution in [1.29, 1.82) is 0 Å².